The van der Waals surface area contributed by atoms with Gasteiger partial charge in [-0.3, -0.25) is 9.59 Å². The number of hydrogen-bond donors (Lipinski definition) is 2. The van der Waals surface area contributed by atoms with Crippen LogP contribution in [0.1, 0.15) is 33.1 Å². The zero-order valence-electron chi connectivity index (χ0n) is 19.4. The molecule has 4 rings (SSSR count). The van der Waals surface area contributed by atoms with E-state index in [4.69, 9.17) is 9.47 Å². The van der Waals surface area contributed by atoms with Crippen molar-refractivity contribution < 1.29 is 38.5 Å². The lowest BCUT2D eigenvalue weighted by Crippen LogP contribution is -2.29. The minimum atomic E-state index is -1.09. The second-order valence-electron chi connectivity index (χ2n) is 8.06. The zero-order valence-corrected chi connectivity index (χ0v) is 19.4. The number of carbonyl (C=O) groups is 3. The topological polar surface area (TPSA) is 113 Å². The number of esters is 1. The van der Waals surface area contributed by atoms with Gasteiger partial charge in [-0.2, -0.15) is 0 Å². The lowest BCUT2D eigenvalue weighted by molar-refractivity contribution is -0.140. The molecule has 36 heavy (non-hydrogen) atoms. The number of likely N-dealkylation sites (tertiary alicyclic amines) is 1. The van der Waals surface area contributed by atoms with Gasteiger partial charge in [0.1, 0.15) is 23.1 Å². The van der Waals surface area contributed by atoms with Gasteiger partial charge in [-0.15, -0.1) is 0 Å². The maximum absolute atomic E-state index is 14.0. The number of rotatable bonds is 6. The first-order chi connectivity index (χ1) is 17.2. The van der Waals surface area contributed by atoms with Crippen molar-refractivity contribution in [1.29, 1.82) is 0 Å². The highest BCUT2D eigenvalue weighted by molar-refractivity contribution is 6.46. The standard InChI is InChI=1S/C27H22FNO7/c1-35-21-11-10-18(28)13-20(21)24(31)22-23(17-4-3-5-19(30)12-17)29(26(33)25(22)32)14-15-6-8-16(9-7-15)27(34)36-2/h3-13,23,30-31H,14H2,1-2H3/b24-22+. The molecular weight excluding hydrogens is 469 g/mol. The Morgan fingerprint density at radius 3 is 2.39 bits per heavy atom. The van der Waals surface area contributed by atoms with E-state index in [1.54, 1.807) is 24.3 Å². The average molecular weight is 491 g/mol. The van der Waals surface area contributed by atoms with Crippen LogP contribution in [0.15, 0.2) is 72.3 Å². The van der Waals surface area contributed by atoms with Crippen molar-refractivity contribution in [2.45, 2.75) is 12.6 Å². The molecule has 1 saturated heterocycles. The van der Waals surface area contributed by atoms with E-state index in [1.807, 2.05) is 0 Å². The summed E-state index contributed by atoms with van der Waals surface area (Å²) in [5.74, 6) is -3.67. The molecule has 3 aromatic carbocycles. The van der Waals surface area contributed by atoms with Gasteiger partial charge in [-0.05, 0) is 53.6 Å². The maximum atomic E-state index is 14.0. The number of aliphatic hydroxyl groups excluding tert-OH is 1. The fourth-order valence-electron chi connectivity index (χ4n) is 4.16. The van der Waals surface area contributed by atoms with E-state index in [2.05, 4.69) is 0 Å². The number of methoxy groups -OCH3 is 2. The average Bonchev–Trinajstić information content (AvgIpc) is 3.13. The van der Waals surface area contributed by atoms with Gasteiger partial charge in [-0.1, -0.05) is 24.3 Å². The van der Waals surface area contributed by atoms with Crippen LogP contribution >= 0.6 is 0 Å². The van der Waals surface area contributed by atoms with Crippen LogP contribution in [-0.2, 0) is 20.9 Å². The molecule has 0 radical (unpaired) electrons. The van der Waals surface area contributed by atoms with Crippen LogP contribution in [0.4, 0.5) is 4.39 Å². The number of hydrogen-bond acceptors (Lipinski definition) is 7. The number of halogens is 1. The Morgan fingerprint density at radius 2 is 1.75 bits per heavy atom. The monoisotopic (exact) mass is 491 g/mol. The Bertz CT molecular complexity index is 1380. The Labute approximate surface area is 205 Å². The number of ether oxygens (including phenoxy) is 2. The fraction of sp³-hybridized carbons (Fsp3) is 0.148. The van der Waals surface area contributed by atoms with Crippen LogP contribution in [0.5, 0.6) is 11.5 Å². The largest absolute Gasteiger partial charge is 0.508 e. The van der Waals surface area contributed by atoms with Gasteiger partial charge in [0.15, 0.2) is 0 Å². The number of phenolic OH excluding ortho intramolecular Hbond substituents is 1. The summed E-state index contributed by atoms with van der Waals surface area (Å²) in [6.45, 7) is -0.0522. The Morgan fingerprint density at radius 1 is 1.03 bits per heavy atom. The third-order valence-electron chi connectivity index (χ3n) is 5.87. The molecule has 1 fully saturated rings. The van der Waals surface area contributed by atoms with E-state index in [0.29, 0.717) is 16.7 Å². The molecule has 184 valence electrons. The molecule has 0 aliphatic carbocycles. The van der Waals surface area contributed by atoms with Crippen LogP contribution in [0.2, 0.25) is 0 Å². The van der Waals surface area contributed by atoms with Gasteiger partial charge < -0.3 is 24.6 Å². The van der Waals surface area contributed by atoms with Crippen molar-refractivity contribution in [2.24, 2.45) is 0 Å². The van der Waals surface area contributed by atoms with E-state index >= 15 is 0 Å². The third-order valence-corrected chi connectivity index (χ3v) is 5.87. The van der Waals surface area contributed by atoms with Gasteiger partial charge >= 0.3 is 5.97 Å². The number of phenols is 1. The van der Waals surface area contributed by atoms with Crippen LogP contribution < -0.4 is 4.74 Å². The van der Waals surface area contributed by atoms with Gasteiger partial charge in [0, 0.05) is 6.54 Å². The lowest BCUT2D eigenvalue weighted by Gasteiger charge is -2.25. The van der Waals surface area contributed by atoms with E-state index in [-0.39, 0.29) is 29.2 Å². The highest BCUT2D eigenvalue weighted by Crippen LogP contribution is 2.42. The van der Waals surface area contributed by atoms with Gasteiger partial charge in [-0.25, -0.2) is 9.18 Å². The molecule has 0 aromatic heterocycles. The predicted molar refractivity (Wildman–Crippen MR) is 127 cm³/mol. The Hall–Kier alpha value is -4.66. The summed E-state index contributed by atoms with van der Waals surface area (Å²) >= 11 is 0. The summed E-state index contributed by atoms with van der Waals surface area (Å²) in [7, 11) is 2.59. The summed E-state index contributed by atoms with van der Waals surface area (Å²) in [4.78, 5) is 39.3. The summed E-state index contributed by atoms with van der Waals surface area (Å²) in [5, 5.41) is 21.2. The van der Waals surface area contributed by atoms with Crippen molar-refractivity contribution >= 4 is 23.4 Å². The maximum Gasteiger partial charge on any atom is 0.337 e. The second kappa shape index (κ2) is 9.91. The van der Waals surface area contributed by atoms with E-state index in [1.165, 1.54) is 49.5 Å². The number of carbonyl (C=O) groups excluding carboxylic acids is 3. The van der Waals surface area contributed by atoms with E-state index < -0.39 is 35.3 Å². The molecule has 1 heterocycles. The highest BCUT2D eigenvalue weighted by Gasteiger charge is 2.46. The van der Waals surface area contributed by atoms with Gasteiger partial charge in [0.05, 0.1) is 37.0 Å². The summed E-state index contributed by atoms with van der Waals surface area (Å²) in [6.07, 6.45) is 0. The predicted octanol–water partition coefficient (Wildman–Crippen LogP) is 3.95. The summed E-state index contributed by atoms with van der Waals surface area (Å²) in [6, 6.07) is 14.6. The zero-order chi connectivity index (χ0) is 26.0. The number of aromatic hydroxyl groups is 1. The number of nitrogens with zero attached hydrogens (tertiary/aromatic N) is 1. The lowest BCUT2D eigenvalue weighted by atomic mass is 9.94. The molecule has 1 aliphatic heterocycles. The highest BCUT2D eigenvalue weighted by atomic mass is 19.1. The van der Waals surface area contributed by atoms with Crippen LogP contribution in [-0.4, -0.2) is 47.0 Å². The van der Waals surface area contributed by atoms with Crippen molar-refractivity contribution in [3.8, 4) is 11.5 Å². The first kappa shape index (κ1) is 24.5. The van der Waals surface area contributed by atoms with E-state index in [0.717, 1.165) is 12.1 Å². The first-order valence-electron chi connectivity index (χ1n) is 10.8. The van der Waals surface area contributed by atoms with E-state index in [9.17, 15) is 29.0 Å². The fourth-order valence-corrected chi connectivity index (χ4v) is 4.16. The molecule has 0 saturated carbocycles. The van der Waals surface area contributed by atoms with Crippen LogP contribution in [0.25, 0.3) is 5.76 Å². The summed E-state index contributed by atoms with van der Waals surface area (Å²) < 4.78 is 24.0. The third kappa shape index (κ3) is 4.50. The number of aliphatic hydroxyl groups is 1. The van der Waals surface area contributed by atoms with Gasteiger partial charge in [0.2, 0.25) is 0 Å². The van der Waals surface area contributed by atoms with Crippen molar-refractivity contribution in [1.82, 2.24) is 4.90 Å². The second-order valence-corrected chi connectivity index (χ2v) is 8.06. The molecule has 1 atom stereocenters. The normalized spacial score (nSPS) is 16.8. The van der Waals surface area contributed by atoms with Crippen molar-refractivity contribution in [2.75, 3.05) is 14.2 Å². The van der Waals surface area contributed by atoms with Crippen LogP contribution in [0.3, 0.4) is 0 Å². The minimum absolute atomic E-state index is 0.0522. The Kier molecular flexibility index (Phi) is 6.73. The SMILES string of the molecule is COC(=O)c1ccc(CN2C(=O)C(=O)/C(=C(/O)c3cc(F)ccc3OC)C2c2cccc(O)c2)cc1. The molecule has 2 N–H and O–H groups in total. The minimum Gasteiger partial charge on any atom is -0.508 e. The van der Waals surface area contributed by atoms with Crippen LogP contribution in [0, 0.1) is 5.82 Å². The number of benzene rings is 3. The number of Topliss-reactive ketones (excluding diaryl/α,β-unsaturated/α-hetero) is 1. The molecule has 1 amide bonds. The van der Waals surface area contributed by atoms with Crippen molar-refractivity contribution in [3.63, 3.8) is 0 Å². The molecule has 1 aliphatic rings. The van der Waals surface area contributed by atoms with Crippen molar-refractivity contribution in [3.05, 3.63) is 100 Å². The first-order valence-corrected chi connectivity index (χ1v) is 10.8. The molecule has 8 nitrogen and oxygen atoms in total. The number of ketones is 1. The Balaban J connectivity index is 1.84. The smallest absolute Gasteiger partial charge is 0.337 e. The molecule has 0 bridgehead atoms. The quantitative estimate of drug-likeness (QED) is 0.232. The summed E-state index contributed by atoms with van der Waals surface area (Å²) in [5.41, 5.74) is 0.894. The molecule has 1 unspecified atom stereocenters. The number of amides is 1. The molecule has 3 aromatic rings. The van der Waals surface area contributed by atoms with Gasteiger partial charge in [0.25, 0.3) is 11.7 Å². The molecular formula is C27H22FNO7. The molecule has 0 spiro atoms. The molecule has 9 heteroatoms.